The quantitative estimate of drug-likeness (QED) is 0.723. The minimum atomic E-state index is -0.358. The number of para-hydroxylation sites is 1. The summed E-state index contributed by atoms with van der Waals surface area (Å²) in [6.45, 7) is 1.62. The second-order valence-electron chi connectivity index (χ2n) is 5.97. The number of ether oxygens (including phenoxy) is 1. The molecule has 2 amide bonds. The van der Waals surface area contributed by atoms with Crippen molar-refractivity contribution in [3.63, 3.8) is 0 Å². The van der Waals surface area contributed by atoms with Crippen molar-refractivity contribution in [1.29, 1.82) is 0 Å². The maximum absolute atomic E-state index is 12.5. The zero-order chi connectivity index (χ0) is 19.2. The third-order valence-electron chi connectivity index (χ3n) is 3.70. The number of hydrogen-bond donors (Lipinski definition) is 1. The van der Waals surface area contributed by atoms with E-state index in [2.05, 4.69) is 10.5 Å². The van der Waals surface area contributed by atoms with Gasteiger partial charge in [-0.15, -0.1) is 0 Å². The van der Waals surface area contributed by atoms with Gasteiger partial charge in [-0.25, -0.2) is 0 Å². The molecule has 0 radical (unpaired) electrons. The molecule has 0 aliphatic heterocycles. The number of rotatable bonds is 6. The van der Waals surface area contributed by atoms with E-state index in [1.54, 1.807) is 44.3 Å². The van der Waals surface area contributed by atoms with Gasteiger partial charge in [0.2, 0.25) is 5.91 Å². The largest absolute Gasteiger partial charge is 0.457 e. The molecule has 27 heavy (non-hydrogen) atoms. The molecule has 2 aromatic carbocycles. The van der Waals surface area contributed by atoms with Crippen molar-refractivity contribution >= 4 is 17.6 Å². The zero-order valence-corrected chi connectivity index (χ0v) is 15.0. The molecule has 1 aromatic heterocycles. The molecular formula is C20H19N3O4. The van der Waals surface area contributed by atoms with Gasteiger partial charge in [-0.05, 0) is 43.3 Å². The lowest BCUT2D eigenvalue weighted by Gasteiger charge is -2.16. The fourth-order valence-corrected chi connectivity index (χ4v) is 2.41. The molecule has 7 heteroatoms. The highest BCUT2D eigenvalue weighted by Gasteiger charge is 2.16. The molecule has 0 aliphatic rings. The Hall–Kier alpha value is -3.61. The first-order valence-corrected chi connectivity index (χ1v) is 8.33. The van der Waals surface area contributed by atoms with Crippen LogP contribution in [0.2, 0.25) is 0 Å². The first-order valence-electron chi connectivity index (χ1n) is 8.33. The molecule has 1 heterocycles. The molecule has 7 nitrogen and oxygen atoms in total. The predicted molar refractivity (Wildman–Crippen MR) is 99.8 cm³/mol. The number of nitrogens with zero attached hydrogens (tertiary/aromatic N) is 2. The number of aromatic nitrogens is 1. The number of amides is 2. The maximum Gasteiger partial charge on any atom is 0.254 e. The summed E-state index contributed by atoms with van der Waals surface area (Å²) in [7, 11) is 1.56. The van der Waals surface area contributed by atoms with E-state index < -0.39 is 0 Å². The van der Waals surface area contributed by atoms with Crippen molar-refractivity contribution in [1.82, 2.24) is 10.1 Å². The fourth-order valence-electron chi connectivity index (χ4n) is 2.41. The summed E-state index contributed by atoms with van der Waals surface area (Å²) >= 11 is 0. The van der Waals surface area contributed by atoms with Gasteiger partial charge in [0.25, 0.3) is 5.91 Å². The van der Waals surface area contributed by atoms with E-state index in [0.717, 1.165) is 0 Å². The molecule has 0 atom stereocenters. The second kappa shape index (κ2) is 8.18. The number of anilines is 1. The number of benzene rings is 2. The number of carbonyl (C=O) groups is 2. The van der Waals surface area contributed by atoms with Crippen molar-refractivity contribution in [2.24, 2.45) is 0 Å². The summed E-state index contributed by atoms with van der Waals surface area (Å²) in [5.41, 5.74) is 0.461. The van der Waals surface area contributed by atoms with Crippen LogP contribution in [0.25, 0.3) is 0 Å². The third-order valence-corrected chi connectivity index (χ3v) is 3.70. The van der Waals surface area contributed by atoms with E-state index >= 15 is 0 Å². The monoisotopic (exact) mass is 365 g/mol. The summed E-state index contributed by atoms with van der Waals surface area (Å²) in [6.07, 6.45) is 0. The summed E-state index contributed by atoms with van der Waals surface area (Å²) in [4.78, 5) is 25.8. The molecule has 0 fully saturated rings. The summed E-state index contributed by atoms with van der Waals surface area (Å²) in [5.74, 6) is 1.62. The molecule has 0 aliphatic carbocycles. The van der Waals surface area contributed by atoms with Crippen LogP contribution >= 0.6 is 0 Å². The van der Waals surface area contributed by atoms with Crippen LogP contribution in [0.15, 0.2) is 65.2 Å². The van der Waals surface area contributed by atoms with Crippen LogP contribution in [0.5, 0.6) is 11.5 Å². The Balaban J connectivity index is 1.57. The Kier molecular flexibility index (Phi) is 5.51. The topological polar surface area (TPSA) is 84.7 Å². The van der Waals surface area contributed by atoms with Gasteiger partial charge in [0, 0.05) is 18.7 Å². The molecule has 0 bridgehead atoms. The zero-order valence-electron chi connectivity index (χ0n) is 15.0. The van der Waals surface area contributed by atoms with Crippen molar-refractivity contribution in [2.45, 2.75) is 6.92 Å². The van der Waals surface area contributed by atoms with Crippen molar-refractivity contribution < 1.29 is 18.8 Å². The molecule has 0 spiro atoms. The first kappa shape index (κ1) is 18.2. The van der Waals surface area contributed by atoms with E-state index in [1.165, 1.54) is 4.90 Å². The number of likely N-dealkylation sites (N-methyl/N-ethyl adjacent to an activating group) is 1. The minimum Gasteiger partial charge on any atom is -0.457 e. The van der Waals surface area contributed by atoms with Crippen LogP contribution < -0.4 is 10.1 Å². The smallest absolute Gasteiger partial charge is 0.254 e. The molecule has 3 rings (SSSR count). The van der Waals surface area contributed by atoms with Crippen molar-refractivity contribution in [3.8, 4) is 11.5 Å². The molecular weight excluding hydrogens is 346 g/mol. The Bertz CT molecular complexity index is 920. The van der Waals surface area contributed by atoms with E-state index in [-0.39, 0.29) is 18.4 Å². The number of carbonyl (C=O) groups excluding carboxylic acids is 2. The lowest BCUT2D eigenvalue weighted by molar-refractivity contribution is -0.116. The van der Waals surface area contributed by atoms with E-state index in [1.807, 2.05) is 30.3 Å². The first-order chi connectivity index (χ1) is 13.0. The SMILES string of the molecule is Cc1cc(NC(=O)CN(C)C(=O)c2ccc(Oc3ccccc3)cc2)no1. The van der Waals surface area contributed by atoms with Crippen molar-refractivity contribution in [2.75, 3.05) is 18.9 Å². The lowest BCUT2D eigenvalue weighted by atomic mass is 10.2. The predicted octanol–water partition coefficient (Wildman–Crippen LogP) is 3.49. The van der Waals surface area contributed by atoms with Crippen LogP contribution in [-0.2, 0) is 4.79 Å². The minimum absolute atomic E-state index is 0.104. The van der Waals surface area contributed by atoms with Crippen LogP contribution in [0.4, 0.5) is 5.82 Å². The normalized spacial score (nSPS) is 10.3. The van der Waals surface area contributed by atoms with Crippen LogP contribution in [0, 0.1) is 6.92 Å². The van der Waals surface area contributed by atoms with Gasteiger partial charge in [0.05, 0.1) is 6.54 Å². The Morgan fingerprint density at radius 2 is 1.74 bits per heavy atom. The highest BCUT2D eigenvalue weighted by Crippen LogP contribution is 2.21. The van der Waals surface area contributed by atoms with Crippen LogP contribution in [0.3, 0.4) is 0 Å². The molecule has 1 N–H and O–H groups in total. The van der Waals surface area contributed by atoms with Gasteiger partial charge in [0.1, 0.15) is 17.3 Å². The summed E-state index contributed by atoms with van der Waals surface area (Å²) in [6, 6.07) is 17.7. The lowest BCUT2D eigenvalue weighted by Crippen LogP contribution is -2.34. The molecule has 0 saturated heterocycles. The van der Waals surface area contributed by atoms with E-state index in [0.29, 0.717) is 28.6 Å². The Morgan fingerprint density at radius 1 is 1.07 bits per heavy atom. The molecule has 0 saturated carbocycles. The average molecular weight is 365 g/mol. The fraction of sp³-hybridized carbons (Fsp3) is 0.150. The van der Waals surface area contributed by atoms with E-state index in [9.17, 15) is 9.59 Å². The van der Waals surface area contributed by atoms with Gasteiger partial charge >= 0.3 is 0 Å². The number of hydrogen-bond acceptors (Lipinski definition) is 5. The van der Waals surface area contributed by atoms with Gasteiger partial charge in [0.15, 0.2) is 5.82 Å². The maximum atomic E-state index is 12.5. The Morgan fingerprint density at radius 3 is 2.37 bits per heavy atom. The van der Waals surface area contributed by atoms with Crippen LogP contribution in [-0.4, -0.2) is 35.5 Å². The molecule has 138 valence electrons. The van der Waals surface area contributed by atoms with Gasteiger partial charge in [-0.3, -0.25) is 9.59 Å². The standard InChI is InChI=1S/C20H19N3O4/c1-14-12-18(22-27-14)21-19(24)13-23(2)20(25)15-8-10-17(11-9-15)26-16-6-4-3-5-7-16/h3-12H,13H2,1-2H3,(H,21,22,24). The highest BCUT2D eigenvalue weighted by molar-refractivity contribution is 5.98. The van der Waals surface area contributed by atoms with Crippen LogP contribution in [0.1, 0.15) is 16.1 Å². The van der Waals surface area contributed by atoms with Gasteiger partial charge < -0.3 is 19.5 Å². The third kappa shape index (κ3) is 4.94. The van der Waals surface area contributed by atoms with Gasteiger partial charge in [-0.2, -0.15) is 0 Å². The Labute approximate surface area is 156 Å². The second-order valence-corrected chi connectivity index (χ2v) is 5.97. The molecule has 0 unspecified atom stereocenters. The highest BCUT2D eigenvalue weighted by atomic mass is 16.5. The average Bonchev–Trinajstić information content (AvgIpc) is 3.07. The van der Waals surface area contributed by atoms with Gasteiger partial charge in [-0.1, -0.05) is 23.4 Å². The van der Waals surface area contributed by atoms with E-state index in [4.69, 9.17) is 9.26 Å². The summed E-state index contributed by atoms with van der Waals surface area (Å²) in [5, 5.41) is 6.26. The summed E-state index contributed by atoms with van der Waals surface area (Å²) < 4.78 is 10.6. The number of aryl methyl sites for hydroxylation is 1. The van der Waals surface area contributed by atoms with Crippen molar-refractivity contribution in [3.05, 3.63) is 72.0 Å². The molecule has 3 aromatic rings. The number of nitrogens with one attached hydrogen (secondary N) is 1.